The Balaban J connectivity index is 1.61. The maximum Gasteiger partial charge on any atom is 0.310 e. The maximum absolute atomic E-state index is 11.1. The van der Waals surface area contributed by atoms with Crippen molar-refractivity contribution in [3.8, 4) is 28.5 Å². The SMILES string of the molecule is COc1cc2c(cc3c([n+]2C)-c2ccc(N4CC(C(=O)O)C4)cc2OC3)c(C)c1OC. The molecule has 7 nitrogen and oxygen atoms in total. The molecular formula is C24H25N2O5+. The fourth-order valence-corrected chi connectivity index (χ4v) is 4.70. The van der Waals surface area contributed by atoms with Crippen molar-refractivity contribution < 1.29 is 28.7 Å². The van der Waals surface area contributed by atoms with Crippen LogP contribution < -0.4 is 23.7 Å². The van der Waals surface area contributed by atoms with Crippen LogP contribution in [0.15, 0.2) is 30.3 Å². The van der Waals surface area contributed by atoms with Crippen LogP contribution in [0.4, 0.5) is 5.69 Å². The van der Waals surface area contributed by atoms with Crippen LogP contribution in [0.5, 0.6) is 17.2 Å². The molecule has 0 radical (unpaired) electrons. The number of ether oxygens (including phenoxy) is 3. The summed E-state index contributed by atoms with van der Waals surface area (Å²) in [5.74, 6) is 1.23. The lowest BCUT2D eigenvalue weighted by molar-refractivity contribution is -0.634. The van der Waals surface area contributed by atoms with Crippen molar-refractivity contribution in [2.75, 3.05) is 32.2 Å². The number of aliphatic carboxylic acids is 1. The van der Waals surface area contributed by atoms with Crippen molar-refractivity contribution in [2.45, 2.75) is 13.5 Å². The van der Waals surface area contributed by atoms with Gasteiger partial charge in [0.25, 0.3) is 0 Å². The van der Waals surface area contributed by atoms with Crippen molar-refractivity contribution in [1.82, 2.24) is 0 Å². The summed E-state index contributed by atoms with van der Waals surface area (Å²) in [6.07, 6.45) is 0. The molecule has 0 saturated carbocycles. The smallest absolute Gasteiger partial charge is 0.310 e. The van der Waals surface area contributed by atoms with E-state index >= 15 is 0 Å². The molecule has 3 aromatic rings. The molecule has 1 N–H and O–H groups in total. The Morgan fingerprint density at radius 3 is 2.65 bits per heavy atom. The average Bonchev–Trinajstić information content (AvgIpc) is 2.72. The van der Waals surface area contributed by atoms with Gasteiger partial charge in [-0.3, -0.25) is 4.79 Å². The summed E-state index contributed by atoms with van der Waals surface area (Å²) in [4.78, 5) is 13.2. The predicted octanol–water partition coefficient (Wildman–Crippen LogP) is 3.07. The lowest BCUT2D eigenvalue weighted by Crippen LogP contribution is -2.50. The van der Waals surface area contributed by atoms with Gasteiger partial charge in [0.2, 0.25) is 11.2 Å². The van der Waals surface area contributed by atoms with Gasteiger partial charge in [-0.2, -0.15) is 4.57 Å². The maximum atomic E-state index is 11.1. The second-order valence-corrected chi connectivity index (χ2v) is 8.16. The fraction of sp³-hybridized carbons (Fsp3) is 0.333. The number of nitrogens with zero attached hydrogens (tertiary/aromatic N) is 2. The zero-order chi connectivity index (χ0) is 21.9. The summed E-state index contributed by atoms with van der Waals surface area (Å²) in [6.45, 7) is 3.58. The normalized spacial score (nSPS) is 15.0. The molecule has 0 atom stereocenters. The van der Waals surface area contributed by atoms with E-state index < -0.39 is 5.97 Å². The quantitative estimate of drug-likeness (QED) is 0.653. The first kappa shape index (κ1) is 19.5. The summed E-state index contributed by atoms with van der Waals surface area (Å²) in [7, 11) is 5.36. The Morgan fingerprint density at radius 1 is 1.19 bits per heavy atom. The number of aromatic nitrogens is 1. The van der Waals surface area contributed by atoms with E-state index in [4.69, 9.17) is 19.3 Å². The number of benzene rings is 2. The van der Waals surface area contributed by atoms with Crippen LogP contribution in [0.1, 0.15) is 11.1 Å². The van der Waals surface area contributed by atoms with E-state index in [1.165, 1.54) is 0 Å². The first-order valence-corrected chi connectivity index (χ1v) is 10.2. The summed E-state index contributed by atoms with van der Waals surface area (Å²) < 4.78 is 19.5. The molecule has 0 unspecified atom stereocenters. The number of aryl methyl sites for hydroxylation is 2. The van der Waals surface area contributed by atoms with Crippen LogP contribution in [0, 0.1) is 12.8 Å². The minimum absolute atomic E-state index is 0.294. The Morgan fingerprint density at radius 2 is 1.97 bits per heavy atom. The van der Waals surface area contributed by atoms with E-state index in [1.54, 1.807) is 14.2 Å². The first-order chi connectivity index (χ1) is 14.9. The van der Waals surface area contributed by atoms with Crippen molar-refractivity contribution in [1.29, 1.82) is 0 Å². The number of carbonyl (C=O) groups is 1. The van der Waals surface area contributed by atoms with Crippen LogP contribution in [0.3, 0.4) is 0 Å². The van der Waals surface area contributed by atoms with Gasteiger partial charge in [-0.15, -0.1) is 0 Å². The number of methoxy groups -OCH3 is 2. The molecule has 5 rings (SSSR count). The zero-order valence-corrected chi connectivity index (χ0v) is 18.1. The number of carboxylic acid groups (broad SMARTS) is 1. The van der Waals surface area contributed by atoms with Crippen LogP contribution >= 0.6 is 0 Å². The van der Waals surface area contributed by atoms with E-state index in [-0.39, 0.29) is 5.92 Å². The molecule has 7 heteroatoms. The molecule has 31 heavy (non-hydrogen) atoms. The summed E-state index contributed by atoms with van der Waals surface area (Å²) >= 11 is 0. The third-order valence-corrected chi connectivity index (χ3v) is 6.46. The van der Waals surface area contributed by atoms with Crippen LogP contribution in [0.2, 0.25) is 0 Å². The van der Waals surface area contributed by atoms with Crippen molar-refractivity contribution in [2.24, 2.45) is 13.0 Å². The van der Waals surface area contributed by atoms with E-state index in [0.717, 1.165) is 50.5 Å². The second kappa shape index (κ2) is 7.04. The molecule has 2 aliphatic rings. The monoisotopic (exact) mass is 421 g/mol. The number of hydrogen-bond donors (Lipinski definition) is 1. The molecule has 0 bridgehead atoms. The van der Waals surface area contributed by atoms with Gasteiger partial charge in [0, 0.05) is 30.4 Å². The molecular weight excluding hydrogens is 396 g/mol. The summed E-state index contributed by atoms with van der Waals surface area (Å²) in [5, 5.41) is 10.2. The van der Waals surface area contributed by atoms with Crippen LogP contribution in [-0.4, -0.2) is 38.4 Å². The predicted molar refractivity (Wildman–Crippen MR) is 116 cm³/mol. The molecule has 3 heterocycles. The van der Waals surface area contributed by atoms with Crippen molar-refractivity contribution in [3.63, 3.8) is 0 Å². The second-order valence-electron chi connectivity index (χ2n) is 8.16. The third-order valence-electron chi connectivity index (χ3n) is 6.46. The molecule has 0 amide bonds. The molecule has 1 fully saturated rings. The largest absolute Gasteiger partial charge is 0.493 e. The molecule has 0 spiro atoms. The Kier molecular flexibility index (Phi) is 4.43. The highest BCUT2D eigenvalue weighted by atomic mass is 16.5. The molecule has 2 aromatic carbocycles. The van der Waals surface area contributed by atoms with Gasteiger partial charge in [-0.1, -0.05) is 0 Å². The van der Waals surface area contributed by atoms with Crippen molar-refractivity contribution in [3.05, 3.63) is 41.5 Å². The number of fused-ring (bicyclic) bond motifs is 4. The zero-order valence-electron chi connectivity index (χ0n) is 18.1. The van der Waals surface area contributed by atoms with Gasteiger partial charge in [0.05, 0.1) is 42.7 Å². The van der Waals surface area contributed by atoms with E-state index in [9.17, 15) is 4.79 Å². The highest BCUT2D eigenvalue weighted by molar-refractivity contribution is 5.88. The third kappa shape index (κ3) is 2.87. The summed E-state index contributed by atoms with van der Waals surface area (Å²) in [6, 6.07) is 10.3. The minimum Gasteiger partial charge on any atom is -0.493 e. The van der Waals surface area contributed by atoms with E-state index in [2.05, 4.69) is 28.6 Å². The van der Waals surface area contributed by atoms with E-state index in [0.29, 0.717) is 25.4 Å². The average molecular weight is 421 g/mol. The van der Waals surface area contributed by atoms with Crippen molar-refractivity contribution >= 4 is 22.6 Å². The van der Waals surface area contributed by atoms with Gasteiger partial charge < -0.3 is 24.2 Å². The van der Waals surface area contributed by atoms with Crippen LogP contribution in [-0.2, 0) is 18.4 Å². The standard InChI is InChI=1S/C24H24N2O5/c1-13-18-7-14-12-31-20-8-16(26-10-15(11-26)24(27)28)5-6-17(20)22(14)25(2)19(18)9-21(29-3)23(13)30-4/h5-9,15H,10-12H2,1-4H3/p+1. The summed E-state index contributed by atoms with van der Waals surface area (Å²) in [5.41, 5.74) is 6.32. The Labute approximate surface area is 180 Å². The Hall–Kier alpha value is -3.48. The lowest BCUT2D eigenvalue weighted by Gasteiger charge is -2.39. The van der Waals surface area contributed by atoms with Gasteiger partial charge in [0.15, 0.2) is 11.5 Å². The number of carboxylic acids is 1. The topological polar surface area (TPSA) is 72.1 Å². The lowest BCUT2D eigenvalue weighted by atomic mass is 9.96. The number of hydrogen-bond acceptors (Lipinski definition) is 5. The highest BCUT2D eigenvalue weighted by Gasteiger charge is 2.34. The molecule has 0 aliphatic carbocycles. The van der Waals surface area contributed by atoms with Gasteiger partial charge in [-0.05, 0) is 25.1 Å². The molecule has 2 aliphatic heterocycles. The van der Waals surface area contributed by atoms with Crippen LogP contribution in [0.25, 0.3) is 22.2 Å². The first-order valence-electron chi connectivity index (χ1n) is 10.2. The molecule has 1 aromatic heterocycles. The number of pyridine rings is 1. The Bertz CT molecular complexity index is 1230. The number of anilines is 1. The number of rotatable bonds is 4. The van der Waals surface area contributed by atoms with E-state index in [1.807, 2.05) is 25.1 Å². The minimum atomic E-state index is -0.736. The highest BCUT2D eigenvalue weighted by Crippen LogP contribution is 2.42. The van der Waals surface area contributed by atoms with Gasteiger partial charge in [0.1, 0.15) is 19.4 Å². The molecule has 1 saturated heterocycles. The molecule has 160 valence electrons. The van der Waals surface area contributed by atoms with Gasteiger partial charge >= 0.3 is 5.97 Å². The fourth-order valence-electron chi connectivity index (χ4n) is 4.70. The van der Waals surface area contributed by atoms with Gasteiger partial charge in [-0.25, -0.2) is 0 Å².